The minimum atomic E-state index is -5.02. The van der Waals surface area contributed by atoms with Gasteiger partial charge in [-0.2, -0.15) is 23.3 Å². The van der Waals surface area contributed by atoms with E-state index in [1.807, 2.05) is 6.92 Å². The Bertz CT molecular complexity index is 735. The van der Waals surface area contributed by atoms with E-state index in [0.717, 1.165) is 5.56 Å². The Morgan fingerprint density at radius 3 is 2.77 bits per heavy atom. The van der Waals surface area contributed by atoms with Gasteiger partial charge in [0.15, 0.2) is 6.61 Å². The fraction of sp³-hybridized carbons (Fsp3) is 0.556. The van der Waals surface area contributed by atoms with Crippen molar-refractivity contribution in [2.75, 3.05) is 6.61 Å². The number of halogens is 3. The first-order valence-electron chi connectivity index (χ1n) is 8.52. The zero-order valence-corrected chi connectivity index (χ0v) is 14.6. The Kier molecular flexibility index (Phi) is 4.72. The van der Waals surface area contributed by atoms with Crippen molar-refractivity contribution in [3.05, 3.63) is 29.8 Å². The van der Waals surface area contributed by atoms with Crippen molar-refractivity contribution in [1.82, 2.24) is 5.01 Å². The molecule has 8 heteroatoms. The van der Waals surface area contributed by atoms with Crippen molar-refractivity contribution in [3.8, 4) is 5.75 Å². The molecule has 0 saturated heterocycles. The van der Waals surface area contributed by atoms with Crippen molar-refractivity contribution >= 4 is 11.6 Å². The van der Waals surface area contributed by atoms with E-state index in [2.05, 4.69) is 5.10 Å². The minimum absolute atomic E-state index is 0.0195. The number of benzene rings is 1. The molecule has 0 spiro atoms. The molecule has 0 radical (unpaired) electrons. The largest absolute Gasteiger partial charge is 0.483 e. The lowest BCUT2D eigenvalue weighted by molar-refractivity contribution is -0.318. The summed E-state index contributed by atoms with van der Waals surface area (Å²) in [5, 5.41) is 14.6. The summed E-state index contributed by atoms with van der Waals surface area (Å²) in [7, 11) is 0. The molecule has 3 rings (SSSR count). The Morgan fingerprint density at radius 2 is 2.12 bits per heavy atom. The third-order valence-electron chi connectivity index (χ3n) is 5.07. The van der Waals surface area contributed by atoms with E-state index in [1.54, 1.807) is 31.2 Å². The van der Waals surface area contributed by atoms with Crippen molar-refractivity contribution in [2.24, 2.45) is 16.9 Å². The van der Waals surface area contributed by atoms with E-state index in [1.165, 1.54) is 0 Å². The Labute approximate surface area is 149 Å². The van der Waals surface area contributed by atoms with Gasteiger partial charge in [0.05, 0.1) is 5.92 Å². The molecule has 1 amide bonds. The molecule has 1 aliphatic carbocycles. The first-order valence-corrected chi connectivity index (χ1v) is 8.52. The van der Waals surface area contributed by atoms with E-state index in [9.17, 15) is 23.1 Å². The number of carbonyl (C=O) groups excluding carboxylic acids is 1. The summed E-state index contributed by atoms with van der Waals surface area (Å²) in [5.41, 5.74) is -2.34. The summed E-state index contributed by atoms with van der Waals surface area (Å²) in [4.78, 5) is 12.5. The highest BCUT2D eigenvalue weighted by Gasteiger charge is 2.68. The average Bonchev–Trinajstić information content (AvgIpc) is 2.88. The summed E-state index contributed by atoms with van der Waals surface area (Å²) in [5.74, 6) is -1.84. The van der Waals surface area contributed by atoms with Gasteiger partial charge in [-0.3, -0.25) is 4.79 Å². The van der Waals surface area contributed by atoms with Crippen LogP contribution in [0.4, 0.5) is 13.2 Å². The fourth-order valence-electron chi connectivity index (χ4n) is 3.58. The van der Waals surface area contributed by atoms with Crippen molar-refractivity contribution in [2.45, 2.75) is 45.0 Å². The third kappa shape index (κ3) is 3.06. The van der Waals surface area contributed by atoms with Gasteiger partial charge in [-0.25, -0.2) is 0 Å². The lowest BCUT2D eigenvalue weighted by Crippen LogP contribution is -2.62. The third-order valence-corrected chi connectivity index (χ3v) is 5.07. The highest BCUT2D eigenvalue weighted by Crippen LogP contribution is 2.49. The average molecular weight is 370 g/mol. The molecule has 2 aliphatic rings. The van der Waals surface area contributed by atoms with E-state index >= 15 is 0 Å². The number of aliphatic hydroxyl groups is 1. The lowest BCUT2D eigenvalue weighted by Gasteiger charge is -2.39. The smallest absolute Gasteiger partial charge is 0.439 e. The molecule has 1 aromatic rings. The zero-order valence-electron chi connectivity index (χ0n) is 14.6. The van der Waals surface area contributed by atoms with Crippen LogP contribution in [0.1, 0.15) is 31.7 Å². The molecule has 1 heterocycles. The number of aryl methyl sites for hydroxylation is 1. The van der Waals surface area contributed by atoms with Crippen LogP contribution in [0.15, 0.2) is 29.4 Å². The number of fused-ring (bicyclic) bond motifs is 1. The number of hydrazone groups is 1. The van der Waals surface area contributed by atoms with Gasteiger partial charge in [-0.1, -0.05) is 25.1 Å². The number of nitrogens with zero attached hydrogens (tertiary/aromatic N) is 2. The maximum absolute atomic E-state index is 13.7. The zero-order chi connectivity index (χ0) is 19.1. The molecule has 3 unspecified atom stereocenters. The molecule has 1 saturated carbocycles. The Hall–Kier alpha value is -2.09. The van der Waals surface area contributed by atoms with Crippen molar-refractivity contribution in [3.63, 3.8) is 0 Å². The summed E-state index contributed by atoms with van der Waals surface area (Å²) in [6, 6.07) is 6.86. The molecule has 3 atom stereocenters. The molecule has 26 heavy (non-hydrogen) atoms. The fourth-order valence-corrected chi connectivity index (χ4v) is 3.58. The van der Waals surface area contributed by atoms with Crippen LogP contribution in [-0.2, 0) is 4.79 Å². The van der Waals surface area contributed by atoms with E-state index < -0.39 is 30.3 Å². The van der Waals surface area contributed by atoms with Crippen LogP contribution in [0.2, 0.25) is 0 Å². The number of amides is 1. The van der Waals surface area contributed by atoms with Gasteiger partial charge in [0.25, 0.3) is 11.6 Å². The summed E-state index contributed by atoms with van der Waals surface area (Å²) >= 11 is 0. The summed E-state index contributed by atoms with van der Waals surface area (Å²) in [6.45, 7) is 2.96. The van der Waals surface area contributed by atoms with E-state index in [-0.39, 0.29) is 23.1 Å². The van der Waals surface area contributed by atoms with Gasteiger partial charge < -0.3 is 9.84 Å². The molecule has 1 fully saturated rings. The maximum Gasteiger partial charge on any atom is 0.439 e. The number of alkyl halides is 3. The highest BCUT2D eigenvalue weighted by atomic mass is 19.4. The number of ether oxygens (including phenoxy) is 1. The van der Waals surface area contributed by atoms with Crippen molar-refractivity contribution in [1.29, 1.82) is 0 Å². The summed E-state index contributed by atoms with van der Waals surface area (Å²) in [6.07, 6.45) is -3.85. The van der Waals surface area contributed by atoms with Gasteiger partial charge in [0.1, 0.15) is 5.75 Å². The first-order chi connectivity index (χ1) is 12.1. The minimum Gasteiger partial charge on any atom is -0.483 e. The van der Waals surface area contributed by atoms with Crippen molar-refractivity contribution < 1.29 is 27.8 Å². The molecule has 0 bridgehead atoms. The molecule has 1 aliphatic heterocycles. The molecule has 1 N–H and O–H groups in total. The van der Waals surface area contributed by atoms with Gasteiger partial charge in [0, 0.05) is 5.71 Å². The first kappa shape index (κ1) is 18.7. The number of rotatable bonds is 3. The van der Waals surface area contributed by atoms with Crippen LogP contribution >= 0.6 is 0 Å². The number of hydrogen-bond donors (Lipinski definition) is 1. The Morgan fingerprint density at radius 1 is 1.42 bits per heavy atom. The van der Waals surface area contributed by atoms with Crippen LogP contribution in [0.3, 0.4) is 0 Å². The number of para-hydroxylation sites is 1. The second kappa shape index (κ2) is 6.57. The summed E-state index contributed by atoms with van der Waals surface area (Å²) < 4.78 is 46.5. The predicted octanol–water partition coefficient (Wildman–Crippen LogP) is 3.26. The van der Waals surface area contributed by atoms with Gasteiger partial charge in [-0.15, -0.1) is 0 Å². The number of hydrogen-bond acceptors (Lipinski definition) is 4. The van der Waals surface area contributed by atoms with Crippen LogP contribution in [0.25, 0.3) is 0 Å². The molecule has 1 aromatic carbocycles. The topological polar surface area (TPSA) is 62.1 Å². The van der Waals surface area contributed by atoms with Crippen LogP contribution in [-0.4, -0.2) is 40.2 Å². The molecule has 0 aromatic heterocycles. The second-order valence-electron chi connectivity index (χ2n) is 7.01. The Balaban J connectivity index is 1.83. The second-order valence-corrected chi connectivity index (χ2v) is 7.01. The predicted molar refractivity (Wildman–Crippen MR) is 88.5 cm³/mol. The monoisotopic (exact) mass is 370 g/mol. The van der Waals surface area contributed by atoms with E-state index in [0.29, 0.717) is 18.6 Å². The quantitative estimate of drug-likeness (QED) is 0.888. The molecule has 142 valence electrons. The lowest BCUT2D eigenvalue weighted by atomic mass is 9.76. The standard InChI is InChI=1S/C18H21F3N2O3/c1-11-7-8-14-13(9-11)17(25,18(19,20)21)23(22-14)16(24)10-26-15-6-4-3-5-12(15)2/h3-6,11,13,25H,7-10H2,1-2H3. The number of carbonyl (C=O) groups is 1. The van der Waals surface area contributed by atoms with Gasteiger partial charge >= 0.3 is 6.18 Å². The maximum atomic E-state index is 13.7. The molecular formula is C18H21F3N2O3. The molecular weight excluding hydrogens is 349 g/mol. The van der Waals surface area contributed by atoms with Crippen LogP contribution in [0, 0.1) is 18.8 Å². The van der Waals surface area contributed by atoms with E-state index in [4.69, 9.17) is 4.74 Å². The highest BCUT2D eigenvalue weighted by molar-refractivity contribution is 5.93. The molecule has 5 nitrogen and oxygen atoms in total. The van der Waals surface area contributed by atoms with Crippen LogP contribution < -0.4 is 4.74 Å². The SMILES string of the molecule is Cc1ccccc1OCC(=O)N1N=C2CCC(C)CC2C1(O)C(F)(F)F. The van der Waals surface area contributed by atoms with Crippen LogP contribution in [0.5, 0.6) is 5.75 Å². The van der Waals surface area contributed by atoms with Gasteiger partial charge in [-0.05, 0) is 43.7 Å². The van der Waals surface area contributed by atoms with Gasteiger partial charge in [0.2, 0.25) is 0 Å². The normalized spacial score (nSPS) is 28.5.